The van der Waals surface area contributed by atoms with Crippen molar-refractivity contribution < 1.29 is 0 Å². The molecule has 0 saturated carbocycles. The summed E-state index contributed by atoms with van der Waals surface area (Å²) in [6.07, 6.45) is 7.12. The Morgan fingerprint density at radius 1 is 0.622 bits per heavy atom. The van der Waals surface area contributed by atoms with Gasteiger partial charge in [0.1, 0.15) is 23.8 Å². The Morgan fingerprint density at radius 2 is 1.19 bits per heavy atom. The molecule has 0 bridgehead atoms. The van der Waals surface area contributed by atoms with Crippen LogP contribution in [0.15, 0.2) is 103 Å². The van der Waals surface area contributed by atoms with E-state index in [9.17, 15) is 15.8 Å². The van der Waals surface area contributed by atoms with Gasteiger partial charge in [-0.3, -0.25) is 9.97 Å². The lowest BCUT2D eigenvalue weighted by Gasteiger charge is -2.27. The van der Waals surface area contributed by atoms with Crippen LogP contribution in [0.4, 0.5) is 17.1 Å². The molecule has 0 aliphatic carbocycles. The summed E-state index contributed by atoms with van der Waals surface area (Å²) in [5, 5.41) is 34.7. The van der Waals surface area contributed by atoms with Crippen molar-refractivity contribution in [3.05, 3.63) is 109 Å². The normalized spacial score (nSPS) is 10.6. The zero-order valence-corrected chi connectivity index (χ0v) is 19.4. The van der Waals surface area contributed by atoms with Crippen LogP contribution in [0.25, 0.3) is 37.9 Å². The second kappa shape index (κ2) is 8.78. The topological polar surface area (TPSA) is 100 Å². The molecule has 6 aromatic rings. The molecule has 0 fully saturated rings. The van der Waals surface area contributed by atoms with Gasteiger partial charge in [-0.2, -0.15) is 15.8 Å². The molecule has 0 aliphatic heterocycles. The molecule has 2 aromatic heterocycles. The van der Waals surface area contributed by atoms with Crippen LogP contribution in [-0.4, -0.2) is 9.97 Å². The maximum atomic E-state index is 9.85. The van der Waals surface area contributed by atoms with E-state index in [4.69, 9.17) is 0 Å². The summed E-state index contributed by atoms with van der Waals surface area (Å²) in [7, 11) is 0. The van der Waals surface area contributed by atoms with Gasteiger partial charge in [-0.15, -0.1) is 0 Å². The van der Waals surface area contributed by atoms with Gasteiger partial charge in [-0.25, -0.2) is 0 Å². The number of rotatable bonds is 4. The number of benzene rings is 4. The Kier molecular flexibility index (Phi) is 5.16. The first kappa shape index (κ1) is 21.7. The number of aromatic nitrogens is 2. The van der Waals surface area contributed by atoms with E-state index in [0.29, 0.717) is 5.56 Å². The molecule has 6 heteroatoms. The minimum Gasteiger partial charge on any atom is -0.307 e. The molecule has 0 aliphatic rings. The molecule has 0 spiro atoms. The van der Waals surface area contributed by atoms with E-state index in [1.807, 2.05) is 73.1 Å². The number of hydrogen-bond donors (Lipinski definition) is 0. The van der Waals surface area contributed by atoms with Gasteiger partial charge in [0.25, 0.3) is 0 Å². The van der Waals surface area contributed by atoms with E-state index < -0.39 is 0 Å². The quantitative estimate of drug-likeness (QED) is 0.199. The van der Waals surface area contributed by atoms with Gasteiger partial charge in [0.15, 0.2) is 0 Å². The summed E-state index contributed by atoms with van der Waals surface area (Å²) < 4.78 is 0. The van der Waals surface area contributed by atoms with Gasteiger partial charge in [0.05, 0.1) is 35.0 Å². The SMILES string of the molecule is N#CC(C#N)=C(C#N)c1ccc2ccc3c(N(c4cccnc4)c4cccnc4)ccc4ccc1c2c43. The highest BCUT2D eigenvalue weighted by Crippen LogP contribution is 2.44. The molecule has 0 radical (unpaired) electrons. The summed E-state index contributed by atoms with van der Waals surface area (Å²) in [5.41, 5.74) is 3.21. The lowest BCUT2D eigenvalue weighted by molar-refractivity contribution is 1.21. The first-order valence-electron chi connectivity index (χ1n) is 11.5. The molecule has 170 valence electrons. The number of hydrogen-bond acceptors (Lipinski definition) is 6. The third kappa shape index (κ3) is 3.40. The summed E-state index contributed by atoms with van der Waals surface area (Å²) in [4.78, 5) is 10.8. The zero-order valence-electron chi connectivity index (χ0n) is 19.4. The lowest BCUT2D eigenvalue weighted by atomic mass is 9.88. The number of nitrogens with zero attached hydrogens (tertiary/aromatic N) is 6. The van der Waals surface area contributed by atoms with Crippen LogP contribution in [0, 0.1) is 34.0 Å². The first-order valence-corrected chi connectivity index (χ1v) is 11.5. The van der Waals surface area contributed by atoms with E-state index in [0.717, 1.165) is 49.4 Å². The predicted octanol–water partition coefficient (Wildman–Crippen LogP) is 7.17. The highest BCUT2D eigenvalue weighted by Gasteiger charge is 2.20. The van der Waals surface area contributed by atoms with Gasteiger partial charge in [-0.05, 0) is 57.3 Å². The van der Waals surface area contributed by atoms with Crippen LogP contribution in [-0.2, 0) is 0 Å². The largest absolute Gasteiger partial charge is 0.307 e. The second-order valence-electron chi connectivity index (χ2n) is 8.46. The molecule has 6 nitrogen and oxygen atoms in total. The molecule has 6 rings (SSSR count). The smallest absolute Gasteiger partial charge is 0.148 e. The highest BCUT2D eigenvalue weighted by atomic mass is 15.2. The fraction of sp³-hybridized carbons (Fsp3) is 0. The van der Waals surface area contributed by atoms with Gasteiger partial charge in [0, 0.05) is 23.3 Å². The van der Waals surface area contributed by atoms with Crippen molar-refractivity contribution in [1.29, 1.82) is 15.8 Å². The second-order valence-corrected chi connectivity index (χ2v) is 8.46. The van der Waals surface area contributed by atoms with Crippen molar-refractivity contribution in [2.24, 2.45) is 0 Å². The number of allylic oxidation sites excluding steroid dienone is 2. The highest BCUT2D eigenvalue weighted by molar-refractivity contribution is 6.27. The number of anilines is 3. The molecule has 0 unspecified atom stereocenters. The van der Waals surface area contributed by atoms with E-state index in [1.54, 1.807) is 12.4 Å². The van der Waals surface area contributed by atoms with Crippen molar-refractivity contribution in [3.8, 4) is 18.2 Å². The molecule has 2 heterocycles. The fourth-order valence-electron chi connectivity index (χ4n) is 4.99. The van der Waals surface area contributed by atoms with Gasteiger partial charge >= 0.3 is 0 Å². The molecule has 4 aromatic carbocycles. The summed E-state index contributed by atoms with van der Waals surface area (Å²) in [6, 6.07) is 29.7. The molecule has 0 amide bonds. The molecular weight excluding hydrogens is 456 g/mol. The van der Waals surface area contributed by atoms with Crippen molar-refractivity contribution in [1.82, 2.24) is 9.97 Å². The minimum absolute atomic E-state index is 0.0792. The van der Waals surface area contributed by atoms with Crippen LogP contribution >= 0.6 is 0 Å². The third-order valence-electron chi connectivity index (χ3n) is 6.55. The van der Waals surface area contributed by atoms with Crippen LogP contribution in [0.1, 0.15) is 5.56 Å². The van der Waals surface area contributed by atoms with Crippen LogP contribution in [0.5, 0.6) is 0 Å². The number of pyridine rings is 2. The van der Waals surface area contributed by atoms with E-state index in [1.165, 1.54) is 0 Å². The standard InChI is InChI=1S/C31H16N6/c32-15-22(16-33)28(17-34)25-9-5-20-7-11-27-29(12-8-21-6-10-26(25)30(20)31(21)27)37(23-3-1-13-35-18-23)24-4-2-14-36-19-24/h1-14,18-19H. The monoisotopic (exact) mass is 472 g/mol. The van der Waals surface area contributed by atoms with Crippen LogP contribution < -0.4 is 4.90 Å². The van der Waals surface area contributed by atoms with Gasteiger partial charge < -0.3 is 4.90 Å². The average Bonchev–Trinajstić information content (AvgIpc) is 2.96. The van der Waals surface area contributed by atoms with E-state index in [-0.39, 0.29) is 11.1 Å². The van der Waals surface area contributed by atoms with Crippen LogP contribution in [0.3, 0.4) is 0 Å². The summed E-state index contributed by atoms with van der Waals surface area (Å²) >= 11 is 0. The first-order chi connectivity index (χ1) is 18.2. The van der Waals surface area contributed by atoms with E-state index >= 15 is 0 Å². The lowest BCUT2D eigenvalue weighted by Crippen LogP contribution is -2.11. The van der Waals surface area contributed by atoms with Crippen LogP contribution in [0.2, 0.25) is 0 Å². The molecule has 0 saturated heterocycles. The van der Waals surface area contributed by atoms with Crippen molar-refractivity contribution in [2.75, 3.05) is 4.90 Å². The predicted molar refractivity (Wildman–Crippen MR) is 144 cm³/mol. The third-order valence-corrected chi connectivity index (χ3v) is 6.55. The van der Waals surface area contributed by atoms with E-state index in [2.05, 4.69) is 45.2 Å². The molecule has 0 N–H and O–H groups in total. The summed E-state index contributed by atoms with van der Waals surface area (Å²) in [5.74, 6) is 0. The Balaban J connectivity index is 1.71. The maximum absolute atomic E-state index is 9.85. The molecule has 0 atom stereocenters. The van der Waals surface area contributed by atoms with Gasteiger partial charge in [0.2, 0.25) is 0 Å². The molecular formula is C31H16N6. The number of nitriles is 3. The van der Waals surface area contributed by atoms with Crippen molar-refractivity contribution in [3.63, 3.8) is 0 Å². The molecule has 37 heavy (non-hydrogen) atoms. The fourth-order valence-corrected chi connectivity index (χ4v) is 4.99. The average molecular weight is 473 g/mol. The maximum Gasteiger partial charge on any atom is 0.148 e. The Bertz CT molecular complexity index is 1900. The van der Waals surface area contributed by atoms with Crippen molar-refractivity contribution >= 4 is 55.0 Å². The Hall–Kier alpha value is -5.77. The van der Waals surface area contributed by atoms with Crippen molar-refractivity contribution in [2.45, 2.75) is 0 Å². The zero-order chi connectivity index (χ0) is 25.4. The summed E-state index contributed by atoms with van der Waals surface area (Å²) in [6.45, 7) is 0. The van der Waals surface area contributed by atoms with Gasteiger partial charge in [-0.1, -0.05) is 42.5 Å². The minimum atomic E-state index is -0.197. The Morgan fingerprint density at radius 3 is 1.76 bits per heavy atom. The Labute approximate surface area is 212 Å².